The molecule has 18 heavy (non-hydrogen) atoms. The second kappa shape index (κ2) is 5.49. The number of aromatic nitrogens is 2. The highest BCUT2D eigenvalue weighted by Crippen LogP contribution is 2.18. The standard InChI is InChI=1S/C12H21N5O/c1-16(2)6-3-7-17-10-4-5-14-8-9(10)11(15-17)12(13)18/h14H,3-8H2,1-2H3,(H2,13,18). The maximum absolute atomic E-state index is 11.4. The van der Waals surface area contributed by atoms with E-state index in [0.717, 1.165) is 38.0 Å². The van der Waals surface area contributed by atoms with Crippen molar-refractivity contribution in [3.63, 3.8) is 0 Å². The molecular formula is C12H21N5O. The van der Waals surface area contributed by atoms with Gasteiger partial charge in [0.1, 0.15) is 0 Å². The summed E-state index contributed by atoms with van der Waals surface area (Å²) in [7, 11) is 4.11. The van der Waals surface area contributed by atoms with Crippen molar-refractivity contribution in [1.29, 1.82) is 0 Å². The molecule has 0 bridgehead atoms. The minimum Gasteiger partial charge on any atom is -0.364 e. The molecule has 0 radical (unpaired) electrons. The summed E-state index contributed by atoms with van der Waals surface area (Å²) in [6.45, 7) is 3.48. The average molecular weight is 251 g/mol. The van der Waals surface area contributed by atoms with Crippen molar-refractivity contribution < 1.29 is 4.79 Å². The number of nitrogens with one attached hydrogen (secondary N) is 1. The van der Waals surface area contributed by atoms with Crippen molar-refractivity contribution in [3.8, 4) is 0 Å². The van der Waals surface area contributed by atoms with Gasteiger partial charge in [0.15, 0.2) is 5.69 Å². The number of aryl methyl sites for hydroxylation is 1. The van der Waals surface area contributed by atoms with Crippen molar-refractivity contribution in [2.24, 2.45) is 5.73 Å². The molecule has 1 aromatic heterocycles. The summed E-state index contributed by atoms with van der Waals surface area (Å²) in [4.78, 5) is 13.5. The van der Waals surface area contributed by atoms with Gasteiger partial charge in [-0.25, -0.2) is 0 Å². The van der Waals surface area contributed by atoms with Crippen molar-refractivity contribution in [3.05, 3.63) is 17.0 Å². The molecule has 3 N–H and O–H groups in total. The van der Waals surface area contributed by atoms with Crippen molar-refractivity contribution in [2.75, 3.05) is 27.2 Å². The quantitative estimate of drug-likeness (QED) is 0.745. The highest BCUT2D eigenvalue weighted by atomic mass is 16.1. The van der Waals surface area contributed by atoms with E-state index in [9.17, 15) is 4.79 Å². The number of hydrogen-bond donors (Lipinski definition) is 2. The van der Waals surface area contributed by atoms with E-state index in [1.54, 1.807) is 0 Å². The topological polar surface area (TPSA) is 76.2 Å². The van der Waals surface area contributed by atoms with Gasteiger partial charge in [0, 0.05) is 37.3 Å². The molecule has 0 unspecified atom stereocenters. The third-order valence-corrected chi connectivity index (χ3v) is 3.22. The van der Waals surface area contributed by atoms with Gasteiger partial charge in [0.25, 0.3) is 5.91 Å². The smallest absolute Gasteiger partial charge is 0.269 e. The zero-order valence-corrected chi connectivity index (χ0v) is 11.1. The molecule has 6 heteroatoms. The molecule has 1 amide bonds. The number of fused-ring (bicyclic) bond motifs is 1. The molecule has 0 aliphatic carbocycles. The Morgan fingerprint density at radius 1 is 1.56 bits per heavy atom. The van der Waals surface area contributed by atoms with Crippen LogP contribution in [0.3, 0.4) is 0 Å². The number of nitrogens with zero attached hydrogens (tertiary/aromatic N) is 3. The van der Waals surface area contributed by atoms with Crippen LogP contribution in [0.15, 0.2) is 0 Å². The average Bonchev–Trinajstić information content (AvgIpc) is 2.68. The third kappa shape index (κ3) is 2.70. The lowest BCUT2D eigenvalue weighted by Crippen LogP contribution is -2.26. The number of carbonyl (C=O) groups excluding carboxylic acids is 1. The van der Waals surface area contributed by atoms with Gasteiger partial charge < -0.3 is 16.0 Å². The summed E-state index contributed by atoms with van der Waals surface area (Å²) in [5.74, 6) is -0.429. The first-order chi connectivity index (χ1) is 8.59. The molecule has 0 fully saturated rings. The second-order valence-electron chi connectivity index (χ2n) is 4.94. The lowest BCUT2D eigenvalue weighted by Gasteiger charge is -2.16. The van der Waals surface area contributed by atoms with Crippen LogP contribution >= 0.6 is 0 Å². The van der Waals surface area contributed by atoms with Crippen LogP contribution in [0.25, 0.3) is 0 Å². The molecule has 0 atom stereocenters. The SMILES string of the molecule is CN(C)CCCn1nc(C(N)=O)c2c1CCNC2. The predicted molar refractivity (Wildman–Crippen MR) is 69.3 cm³/mol. The molecule has 1 aliphatic rings. The van der Waals surface area contributed by atoms with Gasteiger partial charge in [-0.2, -0.15) is 5.10 Å². The van der Waals surface area contributed by atoms with Crippen LogP contribution in [0.5, 0.6) is 0 Å². The van der Waals surface area contributed by atoms with Gasteiger partial charge in [-0.05, 0) is 27.1 Å². The highest BCUT2D eigenvalue weighted by Gasteiger charge is 2.22. The first-order valence-corrected chi connectivity index (χ1v) is 6.33. The highest BCUT2D eigenvalue weighted by molar-refractivity contribution is 5.92. The number of amides is 1. The molecule has 0 spiro atoms. The molecule has 2 heterocycles. The van der Waals surface area contributed by atoms with Crippen molar-refractivity contribution in [1.82, 2.24) is 20.0 Å². The fraction of sp³-hybridized carbons (Fsp3) is 0.667. The largest absolute Gasteiger partial charge is 0.364 e. The van der Waals surface area contributed by atoms with E-state index in [1.165, 1.54) is 5.69 Å². The zero-order chi connectivity index (χ0) is 13.1. The van der Waals surface area contributed by atoms with E-state index in [0.29, 0.717) is 12.2 Å². The summed E-state index contributed by atoms with van der Waals surface area (Å²) in [5, 5.41) is 7.63. The Balaban J connectivity index is 2.17. The Labute approximate surface area is 107 Å². The molecule has 6 nitrogen and oxygen atoms in total. The van der Waals surface area contributed by atoms with E-state index < -0.39 is 5.91 Å². The van der Waals surface area contributed by atoms with E-state index in [2.05, 4.69) is 29.4 Å². The monoisotopic (exact) mass is 251 g/mol. The first-order valence-electron chi connectivity index (χ1n) is 6.33. The summed E-state index contributed by atoms with van der Waals surface area (Å²) in [6, 6.07) is 0. The van der Waals surface area contributed by atoms with Crippen LogP contribution in [0.4, 0.5) is 0 Å². The van der Waals surface area contributed by atoms with Gasteiger partial charge in [0.2, 0.25) is 0 Å². The Hall–Kier alpha value is -1.40. The Bertz CT molecular complexity index is 438. The normalized spacial score (nSPS) is 14.8. The molecule has 0 saturated heterocycles. The van der Waals surface area contributed by atoms with Gasteiger partial charge in [-0.3, -0.25) is 9.48 Å². The minimum absolute atomic E-state index is 0.429. The number of primary amides is 1. The van der Waals surface area contributed by atoms with Crippen LogP contribution < -0.4 is 11.1 Å². The molecule has 0 saturated carbocycles. The summed E-state index contributed by atoms with van der Waals surface area (Å²) in [5.41, 5.74) is 7.96. The van der Waals surface area contributed by atoms with Crippen LogP contribution in [0.1, 0.15) is 28.2 Å². The van der Waals surface area contributed by atoms with Gasteiger partial charge in [-0.1, -0.05) is 0 Å². The molecule has 0 aromatic carbocycles. The summed E-state index contributed by atoms with van der Waals surface area (Å²) >= 11 is 0. The van der Waals surface area contributed by atoms with Crippen LogP contribution in [0, 0.1) is 0 Å². The fourth-order valence-electron chi connectivity index (χ4n) is 2.34. The van der Waals surface area contributed by atoms with E-state index in [-0.39, 0.29) is 0 Å². The van der Waals surface area contributed by atoms with Crippen molar-refractivity contribution >= 4 is 5.91 Å². The number of hydrogen-bond acceptors (Lipinski definition) is 4. The third-order valence-electron chi connectivity index (χ3n) is 3.22. The van der Waals surface area contributed by atoms with Crippen LogP contribution in [-0.4, -0.2) is 47.8 Å². The van der Waals surface area contributed by atoms with Crippen LogP contribution in [-0.2, 0) is 19.5 Å². The summed E-state index contributed by atoms with van der Waals surface area (Å²) in [6.07, 6.45) is 1.93. The van der Waals surface area contributed by atoms with E-state index >= 15 is 0 Å². The molecule has 1 aromatic rings. The zero-order valence-electron chi connectivity index (χ0n) is 11.1. The minimum atomic E-state index is -0.429. The van der Waals surface area contributed by atoms with E-state index in [4.69, 9.17) is 5.73 Å². The summed E-state index contributed by atoms with van der Waals surface area (Å²) < 4.78 is 1.96. The Morgan fingerprint density at radius 2 is 2.33 bits per heavy atom. The molecule has 2 rings (SSSR count). The first kappa shape index (κ1) is 13.0. The van der Waals surface area contributed by atoms with Crippen LogP contribution in [0.2, 0.25) is 0 Å². The fourth-order valence-corrected chi connectivity index (χ4v) is 2.34. The molecule has 100 valence electrons. The second-order valence-corrected chi connectivity index (χ2v) is 4.94. The van der Waals surface area contributed by atoms with Crippen molar-refractivity contribution in [2.45, 2.75) is 25.9 Å². The van der Waals surface area contributed by atoms with Gasteiger partial charge in [0.05, 0.1) is 0 Å². The maximum Gasteiger partial charge on any atom is 0.269 e. The number of carbonyl (C=O) groups is 1. The lowest BCUT2D eigenvalue weighted by molar-refractivity contribution is 0.0993. The number of rotatable bonds is 5. The number of nitrogens with two attached hydrogens (primary N) is 1. The maximum atomic E-state index is 11.4. The molecular weight excluding hydrogens is 230 g/mol. The lowest BCUT2D eigenvalue weighted by atomic mass is 10.1. The van der Waals surface area contributed by atoms with E-state index in [1.807, 2.05) is 4.68 Å². The Kier molecular flexibility index (Phi) is 3.98. The van der Waals surface area contributed by atoms with Gasteiger partial charge in [-0.15, -0.1) is 0 Å². The predicted octanol–water partition coefficient (Wildman–Crippen LogP) is -0.421. The Morgan fingerprint density at radius 3 is 3.00 bits per heavy atom. The molecule has 1 aliphatic heterocycles. The van der Waals surface area contributed by atoms with Gasteiger partial charge >= 0.3 is 0 Å².